The molecule has 6 rings (SSSR count). The van der Waals surface area contributed by atoms with Gasteiger partial charge in [0.05, 0.1) is 33.2 Å². The normalized spacial score (nSPS) is 16.2. The number of piperidine rings is 1. The Morgan fingerprint density at radius 3 is 2.45 bits per heavy atom. The lowest BCUT2D eigenvalue weighted by Gasteiger charge is -2.37. The molecule has 0 unspecified atom stereocenters. The van der Waals surface area contributed by atoms with Gasteiger partial charge in [0.1, 0.15) is 17.4 Å². The predicted octanol–water partition coefficient (Wildman–Crippen LogP) is 5.20. The van der Waals surface area contributed by atoms with E-state index in [2.05, 4.69) is 39.9 Å². The Balaban J connectivity index is 1.31. The molecule has 0 bridgehead atoms. The first-order chi connectivity index (χ1) is 22.4. The Hall–Kier alpha value is -4.03. The second-order valence-corrected chi connectivity index (χ2v) is 15.8. The van der Waals surface area contributed by atoms with Gasteiger partial charge in [0.2, 0.25) is 5.91 Å². The molecule has 1 amide bonds. The molecule has 2 saturated heterocycles. The van der Waals surface area contributed by atoms with Crippen LogP contribution in [0, 0.1) is 19.8 Å². The third-order valence-electron chi connectivity index (χ3n) is 9.25. The molecule has 0 radical (unpaired) electrons. The van der Waals surface area contributed by atoms with Gasteiger partial charge in [-0.3, -0.25) is 9.89 Å². The van der Waals surface area contributed by atoms with Gasteiger partial charge in [-0.2, -0.15) is 5.10 Å². The van der Waals surface area contributed by atoms with Gasteiger partial charge < -0.3 is 20.3 Å². The molecule has 4 heterocycles. The number of aromatic amines is 1. The smallest absolute Gasteiger partial charge is 0.228 e. The third kappa shape index (κ3) is 6.71. The van der Waals surface area contributed by atoms with E-state index in [9.17, 15) is 13.2 Å². The number of nitrogens with zero attached hydrogens (tertiary/aromatic N) is 4. The quantitative estimate of drug-likeness (QED) is 0.209. The van der Waals surface area contributed by atoms with Gasteiger partial charge in [-0.15, -0.1) is 0 Å². The van der Waals surface area contributed by atoms with Gasteiger partial charge in [0.25, 0.3) is 0 Å². The first-order valence-corrected chi connectivity index (χ1v) is 18.1. The fraction of sp³-hybridized carbons (Fsp3) is 0.486. The highest BCUT2D eigenvalue weighted by atomic mass is 32.2. The summed E-state index contributed by atoms with van der Waals surface area (Å²) in [4.78, 5) is 24.8. The van der Waals surface area contributed by atoms with E-state index < -0.39 is 15.1 Å². The largest absolute Gasteiger partial charge is 0.491 e. The number of nitrogens with one attached hydrogen (secondary N) is 3. The number of aromatic nitrogens is 4. The summed E-state index contributed by atoms with van der Waals surface area (Å²) in [6, 6.07) is 11.2. The Labute approximate surface area is 276 Å². The van der Waals surface area contributed by atoms with E-state index in [-0.39, 0.29) is 22.8 Å². The summed E-state index contributed by atoms with van der Waals surface area (Å²) in [6.07, 6.45) is 2.21. The van der Waals surface area contributed by atoms with E-state index in [0.29, 0.717) is 40.7 Å². The molecule has 0 saturated carbocycles. The van der Waals surface area contributed by atoms with Crippen LogP contribution in [0.2, 0.25) is 0 Å². The maximum atomic E-state index is 13.2. The van der Waals surface area contributed by atoms with Crippen LogP contribution < -0.4 is 15.4 Å². The topological polar surface area (TPSA) is 142 Å². The van der Waals surface area contributed by atoms with Crippen LogP contribution in [-0.4, -0.2) is 76.9 Å². The molecular formula is C35H45N7O4S. The second-order valence-electron chi connectivity index (χ2n) is 13.4. The van der Waals surface area contributed by atoms with Gasteiger partial charge in [-0.05, 0) is 89.6 Å². The van der Waals surface area contributed by atoms with Crippen LogP contribution in [0.1, 0.15) is 74.7 Å². The van der Waals surface area contributed by atoms with E-state index in [1.807, 2.05) is 25.7 Å². The summed E-state index contributed by atoms with van der Waals surface area (Å²) >= 11 is 0. The number of carbonyl (C=O) groups is 1. The molecule has 12 heteroatoms. The van der Waals surface area contributed by atoms with Crippen molar-refractivity contribution in [3.63, 3.8) is 0 Å². The molecule has 0 spiro atoms. The number of benzene rings is 2. The van der Waals surface area contributed by atoms with E-state index in [4.69, 9.17) is 14.7 Å². The minimum atomic E-state index is -3.55. The average molecular weight is 660 g/mol. The van der Waals surface area contributed by atoms with Crippen LogP contribution >= 0.6 is 0 Å². The van der Waals surface area contributed by atoms with E-state index in [0.717, 1.165) is 56.0 Å². The number of H-pyrrole nitrogens is 1. The Morgan fingerprint density at radius 2 is 1.79 bits per heavy atom. The summed E-state index contributed by atoms with van der Waals surface area (Å²) in [6.45, 7) is 14.5. The summed E-state index contributed by atoms with van der Waals surface area (Å²) in [5, 5.41) is 14.1. The molecule has 3 N–H and O–H groups in total. The lowest BCUT2D eigenvalue weighted by atomic mass is 9.85. The van der Waals surface area contributed by atoms with Crippen molar-refractivity contribution < 1.29 is 17.9 Å². The fourth-order valence-electron chi connectivity index (χ4n) is 6.49. The number of anilines is 2. The Morgan fingerprint density at radius 1 is 1.06 bits per heavy atom. The monoisotopic (exact) mass is 659 g/mol. The second kappa shape index (κ2) is 13.2. The number of ether oxygens (including phenoxy) is 1. The van der Waals surface area contributed by atoms with Gasteiger partial charge >= 0.3 is 0 Å². The summed E-state index contributed by atoms with van der Waals surface area (Å²) in [5.41, 5.74) is 5.12. The lowest BCUT2D eigenvalue weighted by Crippen LogP contribution is -2.53. The van der Waals surface area contributed by atoms with E-state index >= 15 is 0 Å². The predicted molar refractivity (Wildman–Crippen MR) is 183 cm³/mol. The van der Waals surface area contributed by atoms with Gasteiger partial charge in [0, 0.05) is 43.9 Å². The molecule has 250 valence electrons. The van der Waals surface area contributed by atoms with Crippen molar-refractivity contribution in [2.45, 2.75) is 83.0 Å². The number of hydrogen-bond donors (Lipinski definition) is 3. The van der Waals surface area contributed by atoms with E-state index in [1.165, 1.54) is 11.1 Å². The first-order valence-electron chi connectivity index (χ1n) is 16.5. The third-order valence-corrected chi connectivity index (χ3v) is 11.5. The van der Waals surface area contributed by atoms with Crippen LogP contribution in [0.4, 0.5) is 11.5 Å². The maximum Gasteiger partial charge on any atom is 0.228 e. The number of fused-ring (bicyclic) bond motifs is 1. The zero-order valence-electron chi connectivity index (χ0n) is 28.1. The van der Waals surface area contributed by atoms with Gasteiger partial charge in [0.15, 0.2) is 15.5 Å². The number of rotatable bonds is 10. The highest BCUT2D eigenvalue weighted by molar-refractivity contribution is 7.92. The molecule has 2 aromatic heterocycles. The number of carbonyl (C=O) groups excluding carboxylic acids is 1. The summed E-state index contributed by atoms with van der Waals surface area (Å²) in [5.74, 6) is 2.57. The number of likely N-dealkylation sites (tertiary alicyclic amines) is 1. The average Bonchev–Trinajstić information content (AvgIpc) is 3.38. The first kappa shape index (κ1) is 32.9. The fourth-order valence-corrected chi connectivity index (χ4v) is 7.69. The van der Waals surface area contributed by atoms with Crippen LogP contribution in [0.5, 0.6) is 5.75 Å². The summed E-state index contributed by atoms with van der Waals surface area (Å²) in [7, 11) is -3.55. The number of sulfone groups is 1. The Kier molecular flexibility index (Phi) is 9.26. The molecule has 2 aromatic carbocycles. The zero-order valence-corrected chi connectivity index (χ0v) is 28.9. The van der Waals surface area contributed by atoms with Crippen LogP contribution in [0.15, 0.2) is 41.3 Å². The standard InChI is InChI=1S/C35H45N7O4S/c1-20(2)46-29-17-27(24-11-13-42(14-12-24)35(43)26-18-36-19-26)22(5)15-25(29)16-31-38-33(32-23(6)40-41-34(32)39-31)37-28-9-7-8-10-30(28)47(44,45)21(3)4/h7-10,15,17,20-21,24,26,36H,11-14,16,18-19H2,1-6H3,(H2,37,38,39,40,41). The van der Waals surface area contributed by atoms with Crippen molar-refractivity contribution in [1.29, 1.82) is 0 Å². The highest BCUT2D eigenvalue weighted by Gasteiger charge is 2.32. The summed E-state index contributed by atoms with van der Waals surface area (Å²) < 4.78 is 32.8. The lowest BCUT2D eigenvalue weighted by molar-refractivity contribution is -0.138. The van der Waals surface area contributed by atoms with Crippen molar-refractivity contribution in [1.82, 2.24) is 30.4 Å². The molecule has 0 atom stereocenters. The van der Waals surface area contributed by atoms with E-state index in [1.54, 1.807) is 38.1 Å². The molecule has 2 fully saturated rings. The van der Waals surface area contributed by atoms with Crippen LogP contribution in [0.25, 0.3) is 11.0 Å². The number of amides is 1. The minimum Gasteiger partial charge on any atom is -0.491 e. The Bertz CT molecular complexity index is 1890. The van der Waals surface area contributed by atoms with Crippen molar-refractivity contribution in [2.75, 3.05) is 31.5 Å². The van der Waals surface area contributed by atoms with Crippen molar-refractivity contribution in [3.8, 4) is 5.75 Å². The number of hydrogen-bond acceptors (Lipinski definition) is 9. The van der Waals surface area contributed by atoms with Gasteiger partial charge in [-0.25, -0.2) is 18.4 Å². The van der Waals surface area contributed by atoms with Crippen LogP contribution in [0.3, 0.4) is 0 Å². The van der Waals surface area contributed by atoms with Crippen LogP contribution in [-0.2, 0) is 21.1 Å². The van der Waals surface area contributed by atoms with Crippen molar-refractivity contribution in [3.05, 3.63) is 64.6 Å². The highest BCUT2D eigenvalue weighted by Crippen LogP contribution is 2.37. The molecular weight excluding hydrogens is 614 g/mol. The van der Waals surface area contributed by atoms with Crippen molar-refractivity contribution in [2.24, 2.45) is 5.92 Å². The molecule has 11 nitrogen and oxygen atoms in total. The SMILES string of the molecule is Cc1cc(Cc2nc(Nc3ccccc3S(=O)(=O)C(C)C)c3c(C)[nH]nc3n2)c(OC(C)C)cc1C1CCN(C(=O)C2CNC2)CC1. The number of aryl methyl sites for hydroxylation is 2. The van der Waals surface area contributed by atoms with Gasteiger partial charge in [-0.1, -0.05) is 18.2 Å². The number of para-hydroxylation sites is 1. The molecule has 4 aromatic rings. The molecule has 2 aliphatic heterocycles. The van der Waals surface area contributed by atoms with Crippen molar-refractivity contribution >= 4 is 38.3 Å². The molecule has 0 aliphatic carbocycles. The maximum absolute atomic E-state index is 13.2. The molecule has 2 aliphatic rings. The zero-order chi connectivity index (χ0) is 33.5. The molecule has 47 heavy (non-hydrogen) atoms. The minimum absolute atomic E-state index is 0.0334.